The molecule has 2 radical (unpaired) electrons. The Bertz CT molecular complexity index is 3880. The van der Waals surface area contributed by atoms with E-state index in [1.807, 2.05) is 30.3 Å². The molecule has 13 rings (SSSR count). The molecule has 0 N–H and O–H groups in total. The Hall–Kier alpha value is -7.16. The molecule has 0 amide bonds. The van der Waals surface area contributed by atoms with Gasteiger partial charge >= 0.3 is 134 Å². The van der Waals surface area contributed by atoms with Crippen molar-refractivity contribution < 1.29 is 35.9 Å². The molecule has 0 saturated heterocycles. The van der Waals surface area contributed by atoms with Gasteiger partial charge < -0.3 is 9.13 Å². The minimum Gasteiger partial charge on any atom is -0.327 e. The number of hydrogen-bond acceptors (Lipinski definition) is 3. The second-order valence-corrected chi connectivity index (χ2v) is 28.3. The van der Waals surface area contributed by atoms with E-state index in [0.29, 0.717) is 5.56 Å². The molecule has 362 valence electrons. The fourth-order valence-electron chi connectivity index (χ4n) is 10.5. The summed E-state index contributed by atoms with van der Waals surface area (Å²) in [5.41, 5.74) is 8.29. The van der Waals surface area contributed by atoms with Gasteiger partial charge in [0.25, 0.3) is 0 Å². The van der Waals surface area contributed by atoms with Gasteiger partial charge in [-0.25, -0.2) is 9.97 Å². The van der Waals surface area contributed by atoms with Crippen molar-refractivity contribution >= 4 is 123 Å². The van der Waals surface area contributed by atoms with Gasteiger partial charge in [0.1, 0.15) is 17.9 Å². The van der Waals surface area contributed by atoms with E-state index < -0.39 is 5.31 Å². The molecule has 0 aliphatic heterocycles. The number of aldehydes is 1. The third-order valence-electron chi connectivity index (χ3n) is 14.3. The molecule has 11 aromatic carbocycles. The van der Waals surface area contributed by atoms with Gasteiger partial charge in [-0.15, -0.1) is 0 Å². The number of nitrogens with zero attached hydrogens (tertiary/aromatic N) is 4. The third-order valence-corrected chi connectivity index (χ3v) is 22.6. The Morgan fingerprint density at radius 3 is 1.04 bits per heavy atom. The first-order valence-corrected chi connectivity index (χ1v) is 29.1. The smallest absolute Gasteiger partial charge is 0.150 e. The second kappa shape index (κ2) is 22.0. The van der Waals surface area contributed by atoms with E-state index in [4.69, 9.17) is 11.3 Å². The number of carbonyl (C=O) groups is 1. The molecule has 9 heteroatoms. The predicted octanol–water partition coefficient (Wildman–Crippen LogP) is 15.4. The minimum atomic E-state index is -2.56. The molecule has 0 bridgehead atoms. The van der Waals surface area contributed by atoms with Crippen LogP contribution in [0.3, 0.4) is 0 Å². The quantitative estimate of drug-likeness (QED) is 0.0692. The molecule has 0 fully saturated rings. The van der Waals surface area contributed by atoms with Gasteiger partial charge in [0.2, 0.25) is 0 Å². The van der Waals surface area contributed by atoms with Gasteiger partial charge in [-0.2, -0.15) is 0 Å². The molecular weight excluding hydrogens is 1220 g/mol. The summed E-state index contributed by atoms with van der Waals surface area (Å²) in [6, 6.07) is 82.3. The van der Waals surface area contributed by atoms with Crippen LogP contribution in [0.15, 0.2) is 243 Å². The maximum atomic E-state index is 10.9. The fraction of sp³-hybridized carbons (Fsp3) is 0.0455. The number of rotatable bonds is 7. The zero-order valence-corrected chi connectivity index (χ0v) is 48.6. The van der Waals surface area contributed by atoms with Crippen molar-refractivity contribution in [1.82, 2.24) is 19.1 Å². The molecule has 0 unspecified atom stereocenters. The van der Waals surface area contributed by atoms with Crippen LogP contribution in [0, 0.1) is 31.1 Å². The zero-order valence-electron chi connectivity index (χ0n) is 43.0. The number of hydrogen-bond donors (Lipinski definition) is 0. The van der Waals surface area contributed by atoms with E-state index in [1.165, 1.54) is 59.1 Å². The van der Waals surface area contributed by atoms with E-state index in [-0.39, 0.29) is 31.1 Å². The number of fused-ring (bicyclic) bond motifs is 12. The van der Waals surface area contributed by atoms with Crippen molar-refractivity contribution in [3.05, 3.63) is 254 Å². The Morgan fingerprint density at radius 1 is 0.440 bits per heavy atom. The molecule has 0 aliphatic rings. The topological polar surface area (TPSA) is 52.7 Å². The average Bonchev–Trinajstić information content (AvgIpc) is 4.05. The number of carbonyl (C=O) groups excluding carboxylic acids is 1. The van der Waals surface area contributed by atoms with Crippen LogP contribution >= 0.6 is 20.8 Å². The summed E-state index contributed by atoms with van der Waals surface area (Å²) in [6.07, 6.45) is 2.72. The molecule has 2 aromatic heterocycles. The average molecular weight is 1280 g/mol. The number of benzene rings is 11. The van der Waals surface area contributed by atoms with Crippen LogP contribution in [-0.4, -0.2) is 41.8 Å². The molecule has 5 nitrogen and oxygen atoms in total. The Morgan fingerprint density at radius 2 is 0.720 bits per heavy atom. The van der Waals surface area contributed by atoms with Crippen molar-refractivity contribution in [2.45, 2.75) is 0 Å². The van der Waals surface area contributed by atoms with E-state index in [9.17, 15) is 4.79 Å². The summed E-state index contributed by atoms with van der Waals surface area (Å²) in [4.78, 5) is 21.0. The van der Waals surface area contributed by atoms with Crippen molar-refractivity contribution in [3.63, 3.8) is 0 Å². The zero-order chi connectivity index (χ0) is 52.1. The summed E-state index contributed by atoms with van der Waals surface area (Å²) in [5.74, 6) is 1.89. The largest absolute Gasteiger partial charge is 0.327 e. The summed E-state index contributed by atoms with van der Waals surface area (Å²) in [6.45, 7) is 6.20. The summed E-state index contributed by atoms with van der Waals surface area (Å²) in [5, 5.41) is 11.3. The molecule has 13 aromatic rings. The van der Waals surface area contributed by atoms with Crippen LogP contribution in [-0.2, 0) is 14.1 Å². The summed E-state index contributed by atoms with van der Waals surface area (Å²) < 4.78 is 9.62. The molecule has 75 heavy (non-hydrogen) atoms. The third kappa shape index (κ3) is 9.41. The number of imidazole rings is 2. The van der Waals surface area contributed by atoms with Gasteiger partial charge in [-0.3, -0.25) is 4.79 Å². The second-order valence-electron chi connectivity index (χ2n) is 18.6. The predicted molar refractivity (Wildman–Crippen MR) is 325 cm³/mol. The molecule has 0 aliphatic carbocycles. The standard InChI is InChI=1S/C24H18N2.C23H16N2O.C19H18BrP.BH.U/c1-3-16-12-14-17(15-13-16)24-25-22-20-10-6-4-8-18(20)19-9-5-7-11-21(19)23(22)26(24)2;1-25-22-20-9-5-3-7-18(20)17-6-2-4-8-19(17)21(22)24-23(25)16-12-10-15(14-26)11-13-16;1-21(20,17-11-5-2-6-12-17,18-13-7-3-8-14-18)19-15-9-4-10-16-19;;/h3-15H,1H2,2H3;2-14H,1H3;2-16H,1H3;1H;/i;;;1D;. The monoisotopic (exact) mass is 1280 g/mol. The van der Waals surface area contributed by atoms with Gasteiger partial charge in [0.15, 0.2) is 0 Å². The van der Waals surface area contributed by atoms with Crippen molar-refractivity contribution in [3.8, 4) is 22.8 Å². The van der Waals surface area contributed by atoms with Gasteiger partial charge in [-0.1, -0.05) is 158 Å². The van der Waals surface area contributed by atoms with Gasteiger partial charge in [0, 0.05) is 91.8 Å². The molecule has 0 saturated carbocycles. The SMILES string of the molecule is C=Cc1ccc(-c2nc3c4ccccc4c4ccccc4c3n2C)cc1.CP(Br)(c1ccccc1)(c1ccccc1)c1ccccc1.Cn1c(-c2ccc(C=O)cc2)nc2c3ccccc3c3ccccc3c21.[2H][B].[U]. The van der Waals surface area contributed by atoms with Gasteiger partial charge in [-0.05, 0) is 28.4 Å². The maximum Gasteiger partial charge on any atom is 0.150 e. The van der Waals surface area contributed by atoms with E-state index in [2.05, 4.69) is 273 Å². The van der Waals surface area contributed by atoms with Crippen molar-refractivity contribution in [1.29, 1.82) is 1.34 Å². The molecule has 0 spiro atoms. The first kappa shape index (κ1) is 51.3. The van der Waals surface area contributed by atoms with Gasteiger partial charge in [0.05, 0.1) is 22.1 Å². The normalized spacial score (nSPS) is 11.7. The van der Waals surface area contributed by atoms with E-state index in [0.717, 1.165) is 56.6 Å². The Balaban J connectivity index is 0.000000137. The van der Waals surface area contributed by atoms with Crippen LogP contribution in [0.5, 0.6) is 0 Å². The molecule has 0 atom stereocenters. The van der Waals surface area contributed by atoms with Crippen LogP contribution < -0.4 is 15.9 Å². The van der Waals surface area contributed by atoms with Crippen LogP contribution in [0.4, 0.5) is 0 Å². The number of halogens is 1. The first-order valence-electron chi connectivity index (χ1n) is 25.0. The Labute approximate surface area is 473 Å². The molecule has 2 heterocycles. The van der Waals surface area contributed by atoms with Crippen molar-refractivity contribution in [2.75, 3.05) is 6.66 Å². The number of aryl methyl sites for hydroxylation is 2. The number of aromatic nitrogens is 4. The minimum absolute atomic E-state index is 0. The maximum absolute atomic E-state index is 10.9. The Kier molecular flexibility index (Phi) is 15.0. The summed E-state index contributed by atoms with van der Waals surface area (Å²) >= 11 is 4.24. The van der Waals surface area contributed by atoms with Crippen LogP contribution in [0.25, 0.3) is 94.0 Å². The first-order chi connectivity index (χ1) is 36.7. The fourth-order valence-corrected chi connectivity index (χ4v) is 16.1. The van der Waals surface area contributed by atoms with E-state index >= 15 is 0 Å². The van der Waals surface area contributed by atoms with E-state index in [1.54, 1.807) is 0 Å². The molecular formula is C66H53BBrN4OPU. The van der Waals surface area contributed by atoms with Crippen molar-refractivity contribution in [2.24, 2.45) is 14.1 Å². The van der Waals surface area contributed by atoms with Crippen LogP contribution in [0.1, 0.15) is 15.9 Å². The summed E-state index contributed by atoms with van der Waals surface area (Å²) in [7, 11) is 7.91. The van der Waals surface area contributed by atoms with Crippen LogP contribution in [0.2, 0.25) is 0 Å².